The zero-order chi connectivity index (χ0) is 15.6. The SMILES string of the molecule is CC1(C)COC(c2ccccc2)CN1C(=O)C1CCCNC1.Cl. The highest BCUT2D eigenvalue weighted by molar-refractivity contribution is 5.85. The maximum atomic E-state index is 13.0. The Morgan fingerprint density at radius 1 is 1.30 bits per heavy atom. The maximum Gasteiger partial charge on any atom is 0.227 e. The number of hydrogen-bond donors (Lipinski definition) is 1. The van der Waals surface area contributed by atoms with Crippen LogP contribution in [-0.4, -0.2) is 42.6 Å². The zero-order valence-electron chi connectivity index (χ0n) is 14.0. The topological polar surface area (TPSA) is 41.6 Å². The van der Waals surface area contributed by atoms with Crippen LogP contribution in [0.15, 0.2) is 30.3 Å². The van der Waals surface area contributed by atoms with Crippen molar-refractivity contribution in [3.63, 3.8) is 0 Å². The first-order valence-electron chi connectivity index (χ1n) is 8.27. The van der Waals surface area contributed by atoms with E-state index in [9.17, 15) is 4.79 Å². The lowest BCUT2D eigenvalue weighted by atomic mass is 9.92. The number of morpholine rings is 1. The molecule has 128 valence electrons. The molecule has 5 heteroatoms. The quantitative estimate of drug-likeness (QED) is 0.901. The van der Waals surface area contributed by atoms with Gasteiger partial charge in [0.1, 0.15) is 6.10 Å². The predicted molar refractivity (Wildman–Crippen MR) is 93.8 cm³/mol. The molecule has 4 nitrogen and oxygen atoms in total. The number of benzene rings is 1. The molecule has 3 rings (SSSR count). The standard InChI is InChI=1S/C18H26N2O2.ClH/c1-18(2)13-22-16(14-7-4-3-5-8-14)12-20(18)17(21)15-9-6-10-19-11-15;/h3-5,7-8,15-16,19H,6,9-13H2,1-2H3;1H. The summed E-state index contributed by atoms with van der Waals surface area (Å²) in [4.78, 5) is 15.0. The van der Waals surface area contributed by atoms with Gasteiger partial charge in [-0.05, 0) is 38.8 Å². The number of rotatable bonds is 2. The Morgan fingerprint density at radius 3 is 2.70 bits per heavy atom. The van der Waals surface area contributed by atoms with E-state index in [1.807, 2.05) is 23.1 Å². The smallest absolute Gasteiger partial charge is 0.227 e. The van der Waals surface area contributed by atoms with Crippen molar-refractivity contribution in [2.75, 3.05) is 26.2 Å². The van der Waals surface area contributed by atoms with Gasteiger partial charge in [0.15, 0.2) is 0 Å². The number of halogens is 1. The molecule has 2 aliphatic heterocycles. The first kappa shape index (κ1) is 18.2. The number of hydrogen-bond acceptors (Lipinski definition) is 3. The summed E-state index contributed by atoms with van der Waals surface area (Å²) in [7, 11) is 0. The Balaban J connectivity index is 0.00000192. The van der Waals surface area contributed by atoms with Gasteiger partial charge >= 0.3 is 0 Å². The van der Waals surface area contributed by atoms with Crippen LogP contribution in [0.5, 0.6) is 0 Å². The van der Waals surface area contributed by atoms with Crippen LogP contribution in [0.1, 0.15) is 38.4 Å². The Hall–Kier alpha value is -1.10. The molecular formula is C18H27ClN2O2. The molecule has 2 aliphatic rings. The highest BCUT2D eigenvalue weighted by Gasteiger charge is 2.40. The number of nitrogens with zero attached hydrogens (tertiary/aromatic N) is 1. The summed E-state index contributed by atoms with van der Waals surface area (Å²) in [5.41, 5.74) is 0.914. The molecule has 0 spiro atoms. The van der Waals surface area contributed by atoms with Gasteiger partial charge in [0.05, 0.1) is 24.6 Å². The van der Waals surface area contributed by atoms with E-state index < -0.39 is 0 Å². The van der Waals surface area contributed by atoms with E-state index in [0.29, 0.717) is 13.2 Å². The van der Waals surface area contributed by atoms with Crippen LogP contribution in [0.2, 0.25) is 0 Å². The summed E-state index contributed by atoms with van der Waals surface area (Å²) in [5.74, 6) is 0.393. The summed E-state index contributed by atoms with van der Waals surface area (Å²) in [5, 5.41) is 3.35. The number of nitrogens with one attached hydrogen (secondary N) is 1. The van der Waals surface area contributed by atoms with E-state index in [0.717, 1.165) is 31.5 Å². The molecule has 2 unspecified atom stereocenters. The van der Waals surface area contributed by atoms with Crippen LogP contribution >= 0.6 is 12.4 Å². The van der Waals surface area contributed by atoms with Gasteiger partial charge in [0.2, 0.25) is 5.91 Å². The van der Waals surface area contributed by atoms with Gasteiger partial charge in [0.25, 0.3) is 0 Å². The molecule has 23 heavy (non-hydrogen) atoms. The van der Waals surface area contributed by atoms with Gasteiger partial charge in [-0.15, -0.1) is 12.4 Å². The molecule has 0 aromatic heterocycles. The molecule has 2 atom stereocenters. The van der Waals surface area contributed by atoms with Crippen LogP contribution in [0.4, 0.5) is 0 Å². The van der Waals surface area contributed by atoms with Gasteiger partial charge in [-0.2, -0.15) is 0 Å². The second-order valence-electron chi connectivity index (χ2n) is 7.01. The van der Waals surface area contributed by atoms with Gasteiger partial charge in [-0.25, -0.2) is 0 Å². The van der Waals surface area contributed by atoms with Crippen LogP contribution < -0.4 is 5.32 Å². The number of piperidine rings is 1. The van der Waals surface area contributed by atoms with Gasteiger partial charge in [0, 0.05) is 6.54 Å². The molecular weight excluding hydrogens is 312 g/mol. The van der Waals surface area contributed by atoms with Crippen LogP contribution in [0.3, 0.4) is 0 Å². The molecule has 1 amide bonds. The number of amides is 1. The van der Waals surface area contributed by atoms with Gasteiger partial charge < -0.3 is 15.0 Å². The minimum Gasteiger partial charge on any atom is -0.369 e. The minimum absolute atomic E-state index is 0. The Kier molecular flexibility index (Phi) is 6.06. The van der Waals surface area contributed by atoms with E-state index in [1.165, 1.54) is 0 Å². The van der Waals surface area contributed by atoms with Crippen molar-refractivity contribution in [1.82, 2.24) is 10.2 Å². The fraction of sp³-hybridized carbons (Fsp3) is 0.611. The van der Waals surface area contributed by atoms with Crippen molar-refractivity contribution in [2.24, 2.45) is 5.92 Å². The number of carbonyl (C=O) groups is 1. The fourth-order valence-corrected chi connectivity index (χ4v) is 3.39. The summed E-state index contributed by atoms with van der Waals surface area (Å²) in [6.07, 6.45) is 2.06. The van der Waals surface area contributed by atoms with Crippen molar-refractivity contribution in [2.45, 2.75) is 38.3 Å². The van der Waals surface area contributed by atoms with E-state index >= 15 is 0 Å². The monoisotopic (exact) mass is 338 g/mol. The summed E-state index contributed by atoms with van der Waals surface area (Å²) in [6.45, 7) is 7.26. The molecule has 2 heterocycles. The zero-order valence-corrected chi connectivity index (χ0v) is 14.8. The second kappa shape index (κ2) is 7.65. The maximum absolute atomic E-state index is 13.0. The molecule has 0 saturated carbocycles. The summed E-state index contributed by atoms with van der Waals surface area (Å²) >= 11 is 0. The van der Waals surface area contributed by atoms with E-state index in [1.54, 1.807) is 0 Å². The average molecular weight is 339 g/mol. The third-order valence-corrected chi connectivity index (χ3v) is 4.80. The Bertz CT molecular complexity index is 515. The second-order valence-corrected chi connectivity index (χ2v) is 7.01. The van der Waals surface area contributed by atoms with Crippen LogP contribution in [-0.2, 0) is 9.53 Å². The van der Waals surface area contributed by atoms with Crippen LogP contribution in [0.25, 0.3) is 0 Å². The normalized spacial score (nSPS) is 27.1. The molecule has 1 aromatic rings. The van der Waals surface area contributed by atoms with Gasteiger partial charge in [-0.1, -0.05) is 30.3 Å². The lowest BCUT2D eigenvalue weighted by molar-refractivity contribution is -0.159. The number of ether oxygens (including phenoxy) is 1. The molecule has 2 saturated heterocycles. The third-order valence-electron chi connectivity index (χ3n) is 4.80. The first-order chi connectivity index (χ1) is 10.6. The van der Waals surface area contributed by atoms with Crippen LogP contribution in [0, 0.1) is 5.92 Å². The third kappa shape index (κ3) is 4.06. The molecule has 0 aliphatic carbocycles. The van der Waals surface area contributed by atoms with E-state index in [4.69, 9.17) is 4.74 Å². The fourth-order valence-electron chi connectivity index (χ4n) is 3.39. The molecule has 1 aromatic carbocycles. The molecule has 2 fully saturated rings. The highest BCUT2D eigenvalue weighted by Crippen LogP contribution is 2.32. The average Bonchev–Trinajstić information content (AvgIpc) is 2.56. The predicted octanol–water partition coefficient (Wildman–Crippen LogP) is 2.79. The van der Waals surface area contributed by atoms with Crippen molar-refractivity contribution in [1.29, 1.82) is 0 Å². The Labute approximate surface area is 145 Å². The lowest BCUT2D eigenvalue weighted by Gasteiger charge is -2.47. The van der Waals surface area contributed by atoms with Crippen molar-refractivity contribution in [3.8, 4) is 0 Å². The molecule has 1 N–H and O–H groups in total. The Morgan fingerprint density at radius 2 is 2.04 bits per heavy atom. The van der Waals surface area contributed by atoms with E-state index in [2.05, 4.69) is 31.3 Å². The summed E-state index contributed by atoms with van der Waals surface area (Å²) in [6, 6.07) is 10.2. The first-order valence-corrected chi connectivity index (χ1v) is 8.27. The van der Waals surface area contributed by atoms with Crippen molar-refractivity contribution < 1.29 is 9.53 Å². The molecule has 0 radical (unpaired) electrons. The summed E-state index contributed by atoms with van der Waals surface area (Å²) < 4.78 is 6.04. The minimum atomic E-state index is -0.236. The van der Waals surface area contributed by atoms with Crippen molar-refractivity contribution >= 4 is 18.3 Å². The molecule has 0 bridgehead atoms. The number of carbonyl (C=O) groups excluding carboxylic acids is 1. The van der Waals surface area contributed by atoms with Gasteiger partial charge in [-0.3, -0.25) is 4.79 Å². The van der Waals surface area contributed by atoms with Crippen molar-refractivity contribution in [3.05, 3.63) is 35.9 Å². The highest BCUT2D eigenvalue weighted by atomic mass is 35.5. The largest absolute Gasteiger partial charge is 0.369 e. The lowest BCUT2D eigenvalue weighted by Crippen LogP contribution is -2.58. The van der Waals surface area contributed by atoms with E-state index in [-0.39, 0.29) is 35.9 Å².